The summed E-state index contributed by atoms with van der Waals surface area (Å²) in [5.74, 6) is 0. The minimum Gasteiger partial charge on any atom is -0.541 e. The minimum absolute atomic E-state index is 0.0267. The Kier molecular flexibility index (Phi) is 12.5. The van der Waals surface area contributed by atoms with Crippen LogP contribution in [0.15, 0.2) is 0 Å². The maximum Gasteiger partial charge on any atom is 0.480 e. The van der Waals surface area contributed by atoms with Gasteiger partial charge in [0.15, 0.2) is 20.0 Å². The third-order valence-corrected chi connectivity index (χ3v) is 4.96. The molecule has 0 aromatic heterocycles. The lowest BCUT2D eigenvalue weighted by Gasteiger charge is -2.21. The van der Waals surface area contributed by atoms with Crippen molar-refractivity contribution in [1.82, 2.24) is 0 Å². The average Bonchev–Trinajstić information content (AvgIpc) is 2.56. The summed E-state index contributed by atoms with van der Waals surface area (Å²) in [6.07, 6.45) is -0.0684. The first kappa shape index (κ1) is 28.3. The van der Waals surface area contributed by atoms with Crippen LogP contribution in [0.5, 0.6) is 0 Å². The number of sulfonamides is 2. The summed E-state index contributed by atoms with van der Waals surface area (Å²) < 4.78 is 134. The Morgan fingerprint density at radius 2 is 0.828 bits per heavy atom. The number of alkyl halides is 6. The summed E-state index contributed by atoms with van der Waals surface area (Å²) in [4.78, 5) is 0. The van der Waals surface area contributed by atoms with Gasteiger partial charge in [-0.3, -0.25) is 0 Å². The monoisotopic (exact) mass is 482 g/mol. The van der Waals surface area contributed by atoms with Crippen molar-refractivity contribution in [1.29, 1.82) is 0 Å². The number of hydrogen-bond acceptors (Lipinski definition) is 7. The molecule has 0 heterocycles. The van der Waals surface area contributed by atoms with Crippen molar-refractivity contribution in [3.05, 3.63) is 9.44 Å². The highest BCUT2D eigenvalue weighted by molar-refractivity contribution is 7.95. The summed E-state index contributed by atoms with van der Waals surface area (Å²) in [5, 5.41) is 0. The van der Waals surface area contributed by atoms with Crippen LogP contribution in [0.1, 0.15) is 12.8 Å². The fraction of sp³-hybridized carbons (Fsp3) is 1.00. The van der Waals surface area contributed by atoms with Crippen LogP contribution in [-0.2, 0) is 34.3 Å². The van der Waals surface area contributed by atoms with E-state index in [-0.39, 0.29) is 52.5 Å². The Morgan fingerprint density at radius 3 is 1.10 bits per heavy atom. The van der Waals surface area contributed by atoms with Gasteiger partial charge in [-0.05, 0) is 12.8 Å². The lowest BCUT2D eigenvalue weighted by molar-refractivity contribution is -0.0433. The smallest absolute Gasteiger partial charge is 0.480 e. The zero-order valence-corrected chi connectivity index (χ0v) is 16.5. The first-order valence-corrected chi connectivity index (χ1v) is 10.8. The van der Waals surface area contributed by atoms with E-state index in [0.29, 0.717) is 0 Å². The molecule has 0 atom stereocenters. The van der Waals surface area contributed by atoms with Crippen molar-refractivity contribution in [3.63, 3.8) is 0 Å². The summed E-state index contributed by atoms with van der Waals surface area (Å²) in [6, 6.07) is 0. The molecule has 0 radical (unpaired) electrons. The van der Waals surface area contributed by atoms with Crippen molar-refractivity contribution in [2.45, 2.75) is 23.9 Å². The molecule has 0 spiro atoms. The van der Waals surface area contributed by atoms with Crippen molar-refractivity contribution < 1.29 is 57.4 Å². The van der Waals surface area contributed by atoms with E-state index >= 15 is 0 Å². The van der Waals surface area contributed by atoms with E-state index in [4.69, 9.17) is 14.2 Å². The second kappa shape index (κ2) is 12.9. The third kappa shape index (κ3) is 12.5. The lowest BCUT2D eigenvalue weighted by Crippen LogP contribution is -2.22. The maximum absolute atomic E-state index is 12.0. The lowest BCUT2D eigenvalue weighted by atomic mass is 10.5. The molecule has 29 heavy (non-hydrogen) atoms. The summed E-state index contributed by atoms with van der Waals surface area (Å²) in [7, 11) is -11.0. The highest BCUT2D eigenvalue weighted by atomic mass is 32.2. The van der Waals surface area contributed by atoms with Gasteiger partial charge in [0.2, 0.25) is 0 Å². The number of halogens is 6. The van der Waals surface area contributed by atoms with Crippen LogP contribution in [0.4, 0.5) is 26.3 Å². The number of rotatable bonds is 16. The molecule has 0 saturated heterocycles. The molecule has 0 amide bonds. The SMILES string of the molecule is O=S(=O)([N-]CCCOCCOCCOCCC[N-]S(=O)(=O)C(F)(F)F)C(F)(F)F. The standard InChI is InChI=1S/C12H20F6N2O7S2/c13-11(14,15)28(21,22)19-3-1-5-25-7-9-27-10-8-26-6-2-4-20-29(23,24)12(16,17)18/h1-10H2/q-2. The van der Waals surface area contributed by atoms with E-state index in [1.165, 1.54) is 0 Å². The molecule has 176 valence electrons. The van der Waals surface area contributed by atoms with Crippen LogP contribution < -0.4 is 0 Å². The van der Waals surface area contributed by atoms with E-state index in [1.54, 1.807) is 0 Å². The zero-order valence-electron chi connectivity index (χ0n) is 14.9. The van der Waals surface area contributed by atoms with E-state index in [0.717, 1.165) is 0 Å². The van der Waals surface area contributed by atoms with E-state index in [9.17, 15) is 43.2 Å². The topological polar surface area (TPSA) is 124 Å². The van der Waals surface area contributed by atoms with Gasteiger partial charge in [0.05, 0.1) is 26.4 Å². The molecule has 0 aromatic rings. The third-order valence-electron chi connectivity index (χ3n) is 2.75. The van der Waals surface area contributed by atoms with Gasteiger partial charge in [0, 0.05) is 13.2 Å². The Labute approximate surface area is 164 Å². The Morgan fingerprint density at radius 1 is 0.552 bits per heavy atom. The van der Waals surface area contributed by atoms with Crippen LogP contribution in [0, 0.1) is 0 Å². The van der Waals surface area contributed by atoms with Gasteiger partial charge in [0.25, 0.3) is 0 Å². The molecule has 0 unspecified atom stereocenters. The quantitative estimate of drug-likeness (QED) is 0.244. The van der Waals surface area contributed by atoms with Crippen molar-refractivity contribution in [3.8, 4) is 0 Å². The van der Waals surface area contributed by atoms with Crippen LogP contribution in [0.25, 0.3) is 9.44 Å². The van der Waals surface area contributed by atoms with Gasteiger partial charge < -0.3 is 23.7 Å². The van der Waals surface area contributed by atoms with Crippen molar-refractivity contribution in [2.75, 3.05) is 52.7 Å². The van der Waals surface area contributed by atoms with Gasteiger partial charge in [-0.25, -0.2) is 16.8 Å². The molecule has 17 heteroatoms. The molecule has 0 N–H and O–H groups in total. The molecule has 0 rings (SSSR count). The summed E-state index contributed by atoms with van der Waals surface area (Å²) >= 11 is 0. The van der Waals surface area contributed by atoms with Gasteiger partial charge in [-0.2, -0.15) is 26.3 Å². The molecule has 0 aliphatic heterocycles. The van der Waals surface area contributed by atoms with Crippen LogP contribution in [0.2, 0.25) is 0 Å². The molecular weight excluding hydrogens is 462 g/mol. The molecule has 0 aromatic carbocycles. The van der Waals surface area contributed by atoms with Crippen molar-refractivity contribution in [2.24, 2.45) is 0 Å². The highest BCUT2D eigenvalue weighted by Crippen LogP contribution is 2.28. The Bertz CT molecular complexity index is 597. The predicted octanol–water partition coefficient (Wildman–Crippen LogP) is 2.26. The minimum atomic E-state index is -5.48. The Balaban J connectivity index is 3.45. The second-order valence-electron chi connectivity index (χ2n) is 5.09. The van der Waals surface area contributed by atoms with E-state index in [2.05, 4.69) is 9.44 Å². The molecule has 9 nitrogen and oxygen atoms in total. The first-order valence-electron chi connectivity index (χ1n) is 7.94. The van der Waals surface area contributed by atoms with Gasteiger partial charge in [0.1, 0.15) is 0 Å². The van der Waals surface area contributed by atoms with Crippen LogP contribution >= 0.6 is 0 Å². The fourth-order valence-electron chi connectivity index (χ4n) is 1.39. The molecular formula is C12H20F6N2O7S2-2. The largest absolute Gasteiger partial charge is 0.541 e. The number of nitrogens with zero attached hydrogens (tertiary/aromatic N) is 2. The number of hydrogen-bond donors (Lipinski definition) is 0. The number of ether oxygens (including phenoxy) is 3. The summed E-state index contributed by atoms with van der Waals surface area (Å²) in [5.41, 5.74) is -10.8. The normalized spacial score (nSPS) is 13.7. The molecule has 0 bridgehead atoms. The van der Waals surface area contributed by atoms with E-state index < -0.39 is 44.2 Å². The molecule has 0 fully saturated rings. The Hall–Kier alpha value is -0.720. The fourth-order valence-corrected chi connectivity index (χ4v) is 2.42. The van der Waals surface area contributed by atoms with E-state index in [1.807, 2.05) is 0 Å². The van der Waals surface area contributed by atoms with Gasteiger partial charge >= 0.3 is 11.0 Å². The van der Waals surface area contributed by atoms with Crippen LogP contribution in [0.3, 0.4) is 0 Å². The highest BCUT2D eigenvalue weighted by Gasteiger charge is 2.39. The second-order valence-corrected chi connectivity index (χ2v) is 8.43. The molecule has 0 saturated carbocycles. The first-order chi connectivity index (χ1) is 13.2. The van der Waals surface area contributed by atoms with Gasteiger partial charge in [-0.1, -0.05) is 0 Å². The maximum atomic E-state index is 12.0. The molecule has 0 aliphatic carbocycles. The summed E-state index contributed by atoms with van der Waals surface area (Å²) in [6.45, 7) is -0.788. The van der Waals surface area contributed by atoms with Gasteiger partial charge in [-0.15, -0.1) is 13.1 Å². The molecule has 0 aliphatic rings. The van der Waals surface area contributed by atoms with Crippen LogP contribution in [-0.4, -0.2) is 80.6 Å². The average molecular weight is 482 g/mol. The van der Waals surface area contributed by atoms with Crippen molar-refractivity contribution >= 4 is 20.0 Å². The zero-order chi connectivity index (χ0) is 22.6. The predicted molar refractivity (Wildman–Crippen MR) is 88.1 cm³/mol.